The minimum Gasteiger partial charge on any atom is -0.508 e. The van der Waals surface area contributed by atoms with Gasteiger partial charge in [0.2, 0.25) is 0 Å². The molecule has 0 unspecified atom stereocenters. The molecule has 172 valence electrons. The number of nitrogens with zero attached hydrogens (tertiary/aromatic N) is 3. The third-order valence-corrected chi connectivity index (χ3v) is 6.16. The number of halogens is 1. The van der Waals surface area contributed by atoms with E-state index in [-0.39, 0.29) is 18.1 Å². The molecule has 2 heterocycles. The molecule has 3 aromatic carbocycles. The number of aromatic hydroxyl groups is 1. The maximum absolute atomic E-state index is 14.9. The van der Waals surface area contributed by atoms with Gasteiger partial charge in [0.25, 0.3) is 0 Å². The van der Waals surface area contributed by atoms with Crippen molar-refractivity contribution in [3.05, 3.63) is 94.9 Å². The fourth-order valence-corrected chi connectivity index (χ4v) is 4.64. The molecule has 1 aliphatic rings. The lowest BCUT2D eigenvalue weighted by molar-refractivity contribution is 0.0599. The summed E-state index contributed by atoms with van der Waals surface area (Å²) in [5.74, 6) is -0.667. The monoisotopic (exact) mass is 457 g/mol. The molecule has 0 aliphatic carbocycles. The van der Waals surface area contributed by atoms with Crippen LogP contribution in [-0.2, 0) is 24.4 Å². The van der Waals surface area contributed by atoms with Gasteiger partial charge >= 0.3 is 5.97 Å². The van der Waals surface area contributed by atoms with Crippen LogP contribution in [0.2, 0.25) is 0 Å². The molecule has 0 saturated carbocycles. The summed E-state index contributed by atoms with van der Waals surface area (Å²) in [6.45, 7) is 1.57. The van der Waals surface area contributed by atoms with Crippen molar-refractivity contribution in [2.45, 2.75) is 19.6 Å². The Morgan fingerprint density at radius 1 is 1.06 bits per heavy atom. The van der Waals surface area contributed by atoms with E-state index in [2.05, 4.69) is 4.90 Å². The summed E-state index contributed by atoms with van der Waals surface area (Å²) in [6, 6.07) is 18.9. The van der Waals surface area contributed by atoms with Crippen molar-refractivity contribution in [1.82, 2.24) is 14.7 Å². The van der Waals surface area contributed by atoms with Crippen LogP contribution in [0.4, 0.5) is 4.39 Å². The van der Waals surface area contributed by atoms with Gasteiger partial charge in [-0.25, -0.2) is 9.18 Å². The van der Waals surface area contributed by atoms with Crippen LogP contribution in [-0.4, -0.2) is 39.9 Å². The average molecular weight is 458 g/mol. The van der Waals surface area contributed by atoms with Gasteiger partial charge in [-0.05, 0) is 54.1 Å². The fraction of sp³-hybridized carbons (Fsp3) is 0.185. The lowest BCUT2D eigenvalue weighted by atomic mass is 9.94. The Bertz CT molecular complexity index is 1400. The standard InChI is InChI=1S/C27H24FN3O3/c1-30-14-23-25(16-30)29-31(26(23)21-9-3-4-12-24(21)28)15-22-19(17-7-5-8-18(32)13-17)10-6-11-20(22)27(33)34-2/h3-13,32H,14-16H2,1-2H3. The van der Waals surface area contributed by atoms with Crippen LogP contribution in [0.1, 0.15) is 27.2 Å². The molecule has 0 atom stereocenters. The first kappa shape index (κ1) is 21.9. The summed E-state index contributed by atoms with van der Waals surface area (Å²) in [5.41, 5.74) is 5.68. The number of ether oxygens (including phenoxy) is 1. The van der Waals surface area contributed by atoms with Crippen LogP contribution in [0.3, 0.4) is 0 Å². The van der Waals surface area contributed by atoms with Crippen LogP contribution in [0.25, 0.3) is 22.4 Å². The first-order chi connectivity index (χ1) is 16.5. The van der Waals surface area contributed by atoms with Gasteiger partial charge in [-0.15, -0.1) is 0 Å². The highest BCUT2D eigenvalue weighted by Crippen LogP contribution is 2.36. The minimum atomic E-state index is -0.469. The molecule has 0 fully saturated rings. The highest BCUT2D eigenvalue weighted by Gasteiger charge is 2.28. The second-order valence-electron chi connectivity index (χ2n) is 8.46. The lowest BCUT2D eigenvalue weighted by Crippen LogP contribution is -2.15. The maximum atomic E-state index is 14.9. The summed E-state index contributed by atoms with van der Waals surface area (Å²) >= 11 is 0. The van der Waals surface area contributed by atoms with E-state index in [4.69, 9.17) is 9.84 Å². The molecule has 6 nitrogen and oxygen atoms in total. The van der Waals surface area contributed by atoms with Crippen LogP contribution in [0.15, 0.2) is 66.7 Å². The molecule has 34 heavy (non-hydrogen) atoms. The van der Waals surface area contributed by atoms with E-state index in [1.807, 2.05) is 19.2 Å². The first-order valence-corrected chi connectivity index (χ1v) is 11.0. The molecule has 4 aromatic rings. The first-order valence-electron chi connectivity index (χ1n) is 11.0. The van der Waals surface area contributed by atoms with Crippen LogP contribution >= 0.6 is 0 Å². The van der Waals surface area contributed by atoms with E-state index in [0.717, 1.165) is 22.4 Å². The number of aromatic nitrogens is 2. The Kier molecular flexibility index (Phi) is 5.63. The summed E-state index contributed by atoms with van der Waals surface area (Å²) in [4.78, 5) is 14.8. The van der Waals surface area contributed by atoms with Crippen molar-refractivity contribution < 1.29 is 19.0 Å². The second kappa shape index (κ2) is 8.76. The van der Waals surface area contributed by atoms with Crippen molar-refractivity contribution in [3.8, 4) is 28.1 Å². The number of phenols is 1. The smallest absolute Gasteiger partial charge is 0.338 e. The van der Waals surface area contributed by atoms with Crippen LogP contribution in [0, 0.1) is 5.82 Å². The number of esters is 1. The molecule has 0 amide bonds. The number of phenolic OH excluding ortho intramolecular Hbond substituents is 1. The molecule has 0 saturated heterocycles. The Balaban J connectivity index is 1.71. The molecular weight excluding hydrogens is 433 g/mol. The fourth-order valence-electron chi connectivity index (χ4n) is 4.64. The van der Waals surface area contributed by atoms with Gasteiger partial charge in [0.1, 0.15) is 11.6 Å². The number of benzene rings is 3. The Hall–Kier alpha value is -3.97. The highest BCUT2D eigenvalue weighted by atomic mass is 19.1. The lowest BCUT2D eigenvalue weighted by Gasteiger charge is -2.17. The third-order valence-electron chi connectivity index (χ3n) is 6.16. The van der Waals surface area contributed by atoms with Gasteiger partial charge in [0.05, 0.1) is 30.6 Å². The maximum Gasteiger partial charge on any atom is 0.338 e. The van der Waals surface area contributed by atoms with E-state index in [1.165, 1.54) is 13.2 Å². The summed E-state index contributed by atoms with van der Waals surface area (Å²) in [5, 5.41) is 14.9. The predicted octanol–water partition coefficient (Wildman–Crippen LogP) is 4.84. The molecule has 0 bridgehead atoms. The Morgan fingerprint density at radius 3 is 2.59 bits per heavy atom. The summed E-state index contributed by atoms with van der Waals surface area (Å²) in [6.07, 6.45) is 0. The van der Waals surface area contributed by atoms with Crippen molar-refractivity contribution in [1.29, 1.82) is 0 Å². The second-order valence-corrected chi connectivity index (χ2v) is 8.46. The zero-order valence-corrected chi connectivity index (χ0v) is 19.0. The number of hydrogen-bond donors (Lipinski definition) is 1. The number of carbonyl (C=O) groups excluding carboxylic acids is 1. The van der Waals surface area contributed by atoms with Gasteiger partial charge in [-0.3, -0.25) is 9.58 Å². The van der Waals surface area contributed by atoms with E-state index in [9.17, 15) is 14.3 Å². The molecule has 1 N–H and O–H groups in total. The van der Waals surface area contributed by atoms with Crippen molar-refractivity contribution >= 4 is 5.97 Å². The Morgan fingerprint density at radius 2 is 1.82 bits per heavy atom. The summed E-state index contributed by atoms with van der Waals surface area (Å²) in [7, 11) is 3.35. The molecule has 7 heteroatoms. The zero-order chi connectivity index (χ0) is 23.8. The van der Waals surface area contributed by atoms with Crippen LogP contribution < -0.4 is 0 Å². The van der Waals surface area contributed by atoms with Gasteiger partial charge in [0, 0.05) is 24.2 Å². The van der Waals surface area contributed by atoms with Crippen molar-refractivity contribution in [3.63, 3.8) is 0 Å². The third kappa shape index (κ3) is 3.84. The van der Waals surface area contributed by atoms with Gasteiger partial charge < -0.3 is 9.84 Å². The highest BCUT2D eigenvalue weighted by molar-refractivity contribution is 5.93. The minimum absolute atomic E-state index is 0.125. The van der Waals surface area contributed by atoms with E-state index < -0.39 is 5.97 Å². The van der Waals surface area contributed by atoms with Gasteiger partial charge in [-0.1, -0.05) is 36.4 Å². The topological polar surface area (TPSA) is 67.6 Å². The van der Waals surface area contributed by atoms with E-state index in [0.29, 0.717) is 35.5 Å². The molecule has 0 spiro atoms. The normalized spacial score (nSPS) is 13.1. The van der Waals surface area contributed by atoms with Crippen LogP contribution in [0.5, 0.6) is 5.75 Å². The molecular formula is C27H24FN3O3. The average Bonchev–Trinajstić information content (AvgIpc) is 3.34. The number of methoxy groups -OCH3 is 1. The van der Waals surface area contributed by atoms with Gasteiger partial charge in [-0.2, -0.15) is 5.10 Å². The Labute approximate surface area is 196 Å². The predicted molar refractivity (Wildman–Crippen MR) is 127 cm³/mol. The molecule has 5 rings (SSSR count). The SMILES string of the molecule is COC(=O)c1cccc(-c2cccc(O)c2)c1Cn1nc2c(c1-c1ccccc1F)CN(C)C2. The number of rotatable bonds is 5. The van der Waals surface area contributed by atoms with Crippen molar-refractivity contribution in [2.24, 2.45) is 0 Å². The molecule has 1 aliphatic heterocycles. The molecule has 0 radical (unpaired) electrons. The number of hydrogen-bond acceptors (Lipinski definition) is 5. The van der Waals surface area contributed by atoms with Gasteiger partial charge in [0.15, 0.2) is 0 Å². The van der Waals surface area contributed by atoms with Crippen molar-refractivity contribution in [2.75, 3.05) is 14.2 Å². The molecule has 1 aromatic heterocycles. The van der Waals surface area contributed by atoms with E-state index in [1.54, 1.807) is 53.2 Å². The number of fused-ring (bicyclic) bond motifs is 1. The quantitative estimate of drug-likeness (QED) is 0.435. The van der Waals surface area contributed by atoms with E-state index >= 15 is 0 Å². The zero-order valence-electron chi connectivity index (χ0n) is 19.0. The number of carbonyl (C=O) groups is 1. The summed E-state index contributed by atoms with van der Waals surface area (Å²) < 4.78 is 21.8. The largest absolute Gasteiger partial charge is 0.508 e.